The third-order valence-electron chi connectivity index (χ3n) is 6.07. The summed E-state index contributed by atoms with van der Waals surface area (Å²) in [5.74, 6) is 2.51. The molecule has 9 nitrogen and oxygen atoms in total. The lowest BCUT2D eigenvalue weighted by atomic mass is 10.1. The third kappa shape index (κ3) is 5.15. The molecule has 2 aliphatic rings. The highest BCUT2D eigenvalue weighted by Gasteiger charge is 2.33. The van der Waals surface area contributed by atoms with Crippen molar-refractivity contribution in [3.05, 3.63) is 29.4 Å². The summed E-state index contributed by atoms with van der Waals surface area (Å²) in [6.45, 7) is 2.57. The van der Waals surface area contributed by atoms with Crippen LogP contribution in [-0.4, -0.2) is 66.5 Å². The number of rotatable bonds is 9. The maximum atomic E-state index is 13.0. The van der Waals surface area contributed by atoms with Crippen LogP contribution in [0.1, 0.15) is 60.1 Å². The number of nitrogens with zero attached hydrogens (tertiary/aromatic N) is 4. The Morgan fingerprint density at radius 3 is 2.77 bits per heavy atom. The normalized spacial score (nSPS) is 19.2. The van der Waals surface area contributed by atoms with Gasteiger partial charge in [0.05, 0.1) is 26.7 Å². The molecule has 3 heterocycles. The van der Waals surface area contributed by atoms with Gasteiger partial charge in [0.2, 0.25) is 17.7 Å². The lowest BCUT2D eigenvalue weighted by Gasteiger charge is -2.17. The Bertz CT molecular complexity index is 881. The van der Waals surface area contributed by atoms with Crippen molar-refractivity contribution in [1.82, 2.24) is 20.0 Å². The van der Waals surface area contributed by atoms with Crippen LogP contribution in [-0.2, 0) is 11.2 Å². The lowest BCUT2D eigenvalue weighted by molar-refractivity contribution is 0.0785. The van der Waals surface area contributed by atoms with Crippen LogP contribution in [0.2, 0.25) is 0 Å². The first-order valence-corrected chi connectivity index (χ1v) is 11.0. The summed E-state index contributed by atoms with van der Waals surface area (Å²) >= 11 is 0. The van der Waals surface area contributed by atoms with Crippen LogP contribution in [0.3, 0.4) is 0 Å². The van der Waals surface area contributed by atoms with Crippen molar-refractivity contribution in [1.29, 1.82) is 0 Å². The van der Waals surface area contributed by atoms with Gasteiger partial charge in [-0.15, -0.1) is 0 Å². The van der Waals surface area contributed by atoms with E-state index in [1.54, 1.807) is 17.0 Å². The minimum Gasteiger partial charge on any atom is -0.481 e. The standard InChI is InChI=1S/C22H30N4O5/c1-28-19-8-7-17(21(24-19)29-2)22(27)26-11-9-16(13-26)20-23-18(25-31-20)10-12-30-14-15-5-3-4-6-15/h7-8,15-16H,3-6,9-14H2,1-2H3. The van der Waals surface area contributed by atoms with E-state index in [-0.39, 0.29) is 17.7 Å². The quantitative estimate of drug-likeness (QED) is 0.560. The van der Waals surface area contributed by atoms with Crippen LogP contribution >= 0.6 is 0 Å². The van der Waals surface area contributed by atoms with Gasteiger partial charge >= 0.3 is 0 Å². The molecule has 1 saturated heterocycles. The van der Waals surface area contributed by atoms with E-state index in [1.807, 2.05) is 0 Å². The van der Waals surface area contributed by atoms with Crippen molar-refractivity contribution in [2.45, 2.75) is 44.4 Å². The maximum Gasteiger partial charge on any atom is 0.259 e. The van der Waals surface area contributed by atoms with Gasteiger partial charge < -0.3 is 23.6 Å². The number of hydrogen-bond donors (Lipinski definition) is 0. The number of carbonyl (C=O) groups excluding carboxylic acids is 1. The molecular formula is C22H30N4O5. The zero-order valence-electron chi connectivity index (χ0n) is 18.2. The number of hydrogen-bond acceptors (Lipinski definition) is 8. The topological polar surface area (TPSA) is 99.8 Å². The highest BCUT2D eigenvalue weighted by molar-refractivity contribution is 5.96. The highest BCUT2D eigenvalue weighted by atomic mass is 16.5. The predicted molar refractivity (Wildman–Crippen MR) is 111 cm³/mol. The van der Waals surface area contributed by atoms with Crippen molar-refractivity contribution >= 4 is 5.91 Å². The van der Waals surface area contributed by atoms with Crippen LogP contribution < -0.4 is 9.47 Å². The minimum absolute atomic E-state index is 0.0295. The van der Waals surface area contributed by atoms with Crippen LogP contribution in [0.15, 0.2) is 16.7 Å². The summed E-state index contributed by atoms with van der Waals surface area (Å²) in [7, 11) is 3.01. The van der Waals surface area contributed by atoms with E-state index in [2.05, 4.69) is 15.1 Å². The van der Waals surface area contributed by atoms with Crippen LogP contribution in [0.5, 0.6) is 11.8 Å². The first kappa shape index (κ1) is 21.5. The van der Waals surface area contributed by atoms with Gasteiger partial charge in [-0.2, -0.15) is 9.97 Å². The Labute approximate surface area is 182 Å². The number of carbonyl (C=O) groups is 1. The van der Waals surface area contributed by atoms with Gasteiger partial charge in [0.25, 0.3) is 5.91 Å². The van der Waals surface area contributed by atoms with Gasteiger partial charge in [-0.25, -0.2) is 0 Å². The second-order valence-electron chi connectivity index (χ2n) is 8.17. The van der Waals surface area contributed by atoms with Gasteiger partial charge in [-0.1, -0.05) is 18.0 Å². The Morgan fingerprint density at radius 1 is 1.16 bits per heavy atom. The first-order chi connectivity index (χ1) is 15.2. The summed E-state index contributed by atoms with van der Waals surface area (Å²) < 4.78 is 21.6. The van der Waals surface area contributed by atoms with E-state index in [0.29, 0.717) is 55.2 Å². The van der Waals surface area contributed by atoms with Crippen molar-refractivity contribution in [2.24, 2.45) is 5.92 Å². The molecule has 0 radical (unpaired) electrons. The molecule has 0 N–H and O–H groups in total. The second-order valence-corrected chi connectivity index (χ2v) is 8.17. The van der Waals surface area contributed by atoms with Crippen molar-refractivity contribution in [3.8, 4) is 11.8 Å². The van der Waals surface area contributed by atoms with Crippen LogP contribution in [0.4, 0.5) is 0 Å². The van der Waals surface area contributed by atoms with E-state index in [0.717, 1.165) is 13.0 Å². The Hall–Kier alpha value is -2.68. The predicted octanol–water partition coefficient (Wildman–Crippen LogP) is 2.86. The number of likely N-dealkylation sites (tertiary alicyclic amines) is 1. The molecule has 31 heavy (non-hydrogen) atoms. The van der Waals surface area contributed by atoms with E-state index in [1.165, 1.54) is 39.9 Å². The molecule has 2 aromatic heterocycles. The number of amides is 1. The molecule has 0 bridgehead atoms. The molecule has 0 aromatic carbocycles. The zero-order chi connectivity index (χ0) is 21.6. The molecule has 2 fully saturated rings. The number of ether oxygens (including phenoxy) is 3. The molecule has 1 aliphatic carbocycles. The molecule has 1 unspecified atom stereocenters. The summed E-state index contributed by atoms with van der Waals surface area (Å²) in [6, 6.07) is 3.33. The summed E-state index contributed by atoms with van der Waals surface area (Å²) in [4.78, 5) is 23.5. The number of methoxy groups -OCH3 is 2. The third-order valence-corrected chi connectivity index (χ3v) is 6.07. The van der Waals surface area contributed by atoms with Gasteiger partial charge in [0, 0.05) is 32.2 Å². The largest absolute Gasteiger partial charge is 0.481 e. The van der Waals surface area contributed by atoms with Crippen LogP contribution in [0, 0.1) is 5.92 Å². The van der Waals surface area contributed by atoms with E-state index >= 15 is 0 Å². The fraction of sp³-hybridized carbons (Fsp3) is 0.636. The minimum atomic E-state index is -0.130. The van der Waals surface area contributed by atoms with Gasteiger partial charge in [-0.05, 0) is 31.2 Å². The van der Waals surface area contributed by atoms with E-state index in [9.17, 15) is 4.79 Å². The summed E-state index contributed by atoms with van der Waals surface area (Å²) in [5.41, 5.74) is 0.412. The fourth-order valence-electron chi connectivity index (χ4n) is 4.30. The van der Waals surface area contributed by atoms with Crippen molar-refractivity contribution in [3.63, 3.8) is 0 Å². The monoisotopic (exact) mass is 430 g/mol. The average Bonchev–Trinajstić information content (AvgIpc) is 3.57. The highest BCUT2D eigenvalue weighted by Crippen LogP contribution is 2.29. The molecule has 4 rings (SSSR count). The van der Waals surface area contributed by atoms with Crippen molar-refractivity contribution in [2.75, 3.05) is 40.5 Å². The maximum absolute atomic E-state index is 13.0. The molecule has 2 aromatic rings. The summed E-state index contributed by atoms with van der Waals surface area (Å²) in [6.07, 6.45) is 6.62. The molecular weight excluding hydrogens is 400 g/mol. The smallest absolute Gasteiger partial charge is 0.259 e. The van der Waals surface area contributed by atoms with Crippen molar-refractivity contribution < 1.29 is 23.5 Å². The molecule has 1 atom stereocenters. The summed E-state index contributed by atoms with van der Waals surface area (Å²) in [5, 5.41) is 4.09. The molecule has 9 heteroatoms. The van der Waals surface area contributed by atoms with Gasteiger partial charge in [-0.3, -0.25) is 4.79 Å². The first-order valence-electron chi connectivity index (χ1n) is 11.0. The van der Waals surface area contributed by atoms with Gasteiger partial charge in [0.15, 0.2) is 5.82 Å². The Kier molecular flexibility index (Phi) is 7.01. The molecule has 1 aliphatic heterocycles. The lowest BCUT2D eigenvalue weighted by Crippen LogP contribution is -2.29. The van der Waals surface area contributed by atoms with Gasteiger partial charge in [0.1, 0.15) is 5.56 Å². The fourth-order valence-corrected chi connectivity index (χ4v) is 4.30. The molecule has 0 spiro atoms. The average molecular weight is 431 g/mol. The molecule has 1 saturated carbocycles. The second kappa shape index (κ2) is 10.1. The number of pyridine rings is 1. The van der Waals surface area contributed by atoms with Crippen LogP contribution in [0.25, 0.3) is 0 Å². The Balaban J connectivity index is 1.29. The van der Waals surface area contributed by atoms with E-state index in [4.69, 9.17) is 18.7 Å². The zero-order valence-corrected chi connectivity index (χ0v) is 18.2. The molecule has 1 amide bonds. The number of aromatic nitrogens is 3. The van der Waals surface area contributed by atoms with E-state index < -0.39 is 0 Å². The molecule has 168 valence electrons. The Morgan fingerprint density at radius 2 is 2.00 bits per heavy atom. The SMILES string of the molecule is COc1ccc(C(=O)N2CCC(c3nc(CCOCC4CCCC4)no3)C2)c(OC)n1.